The van der Waals surface area contributed by atoms with Crippen LogP contribution in [-0.2, 0) is 17.6 Å². The van der Waals surface area contributed by atoms with Crippen molar-refractivity contribution in [2.75, 3.05) is 0 Å². The third-order valence-electron chi connectivity index (χ3n) is 5.43. The van der Waals surface area contributed by atoms with Crippen LogP contribution in [0.15, 0.2) is 41.1 Å². The molecule has 1 atom stereocenters. The van der Waals surface area contributed by atoms with E-state index in [1.54, 1.807) is 0 Å². The first kappa shape index (κ1) is 22.7. The highest BCUT2D eigenvalue weighted by atomic mass is 16.5. The van der Waals surface area contributed by atoms with E-state index < -0.39 is 11.9 Å². The Bertz CT molecular complexity index is 1050. The summed E-state index contributed by atoms with van der Waals surface area (Å²) >= 11 is 0. The molecule has 6 nitrogen and oxygen atoms in total. The number of benzene rings is 1. The van der Waals surface area contributed by atoms with Gasteiger partial charge in [-0.2, -0.15) is 4.98 Å². The van der Waals surface area contributed by atoms with Crippen molar-refractivity contribution in [1.82, 2.24) is 15.1 Å². The number of carboxylic acids is 1. The van der Waals surface area contributed by atoms with Crippen LogP contribution >= 0.6 is 0 Å². The summed E-state index contributed by atoms with van der Waals surface area (Å²) in [5.74, 6) is 0.219. The van der Waals surface area contributed by atoms with Crippen LogP contribution in [0.2, 0.25) is 0 Å². The van der Waals surface area contributed by atoms with Gasteiger partial charge in [0.25, 0.3) is 5.89 Å². The molecule has 0 saturated carbocycles. The fourth-order valence-electron chi connectivity index (χ4n) is 3.68. The summed E-state index contributed by atoms with van der Waals surface area (Å²) in [7, 11) is 0. The Morgan fingerprint density at radius 1 is 1.10 bits per heavy atom. The number of carboxylic acid groups (broad SMARTS) is 1. The maximum Gasteiger partial charge on any atom is 0.307 e. The number of hydrogen-bond donors (Lipinski definition) is 1. The molecule has 1 aromatic carbocycles. The Kier molecular flexibility index (Phi) is 6.58. The van der Waals surface area contributed by atoms with Gasteiger partial charge in [0.15, 0.2) is 0 Å². The summed E-state index contributed by atoms with van der Waals surface area (Å²) in [5.41, 5.74) is 4.32. The molecule has 0 saturated heterocycles. The number of aliphatic carboxylic acids is 1. The number of hydrogen-bond acceptors (Lipinski definition) is 5. The number of aromatic nitrogens is 3. The first-order valence-corrected chi connectivity index (χ1v) is 10.7. The van der Waals surface area contributed by atoms with Gasteiger partial charge in [-0.05, 0) is 53.9 Å². The molecule has 0 amide bonds. The lowest BCUT2D eigenvalue weighted by atomic mass is 9.77. The molecule has 1 N–H and O–H groups in total. The molecule has 1 unspecified atom stereocenters. The van der Waals surface area contributed by atoms with Gasteiger partial charge in [0.05, 0.1) is 5.92 Å². The molecule has 0 aliphatic carbocycles. The molecular weight excluding hydrogens is 390 g/mol. The zero-order valence-electron chi connectivity index (χ0n) is 19.1. The molecule has 31 heavy (non-hydrogen) atoms. The van der Waals surface area contributed by atoms with Crippen LogP contribution in [0.1, 0.15) is 51.3 Å². The minimum absolute atomic E-state index is 0.321. The van der Waals surface area contributed by atoms with Crippen molar-refractivity contribution in [3.8, 4) is 23.0 Å². The van der Waals surface area contributed by atoms with E-state index in [-0.39, 0.29) is 5.41 Å². The van der Waals surface area contributed by atoms with Crippen LogP contribution in [-0.4, -0.2) is 26.2 Å². The standard InChI is InChI=1S/C25H31N3O3/c1-15(2)11-18-8-10-21(26-14-18)23-27-22(28-31-23)19-9-7-17(12-16(19)3)13-20(24(29)30)25(4,5)6/h7-10,12,14-15,20H,11,13H2,1-6H3,(H,29,30). The fourth-order valence-corrected chi connectivity index (χ4v) is 3.68. The maximum atomic E-state index is 11.7. The molecule has 3 aromatic rings. The number of aryl methyl sites for hydroxylation is 1. The average Bonchev–Trinajstić information content (AvgIpc) is 3.15. The van der Waals surface area contributed by atoms with E-state index in [4.69, 9.17) is 4.52 Å². The Morgan fingerprint density at radius 2 is 1.81 bits per heavy atom. The van der Waals surface area contributed by atoms with Crippen LogP contribution in [0.3, 0.4) is 0 Å². The van der Waals surface area contributed by atoms with Crippen LogP contribution < -0.4 is 0 Å². The molecule has 0 aliphatic heterocycles. The van der Waals surface area contributed by atoms with Crippen molar-refractivity contribution in [3.05, 3.63) is 53.2 Å². The topological polar surface area (TPSA) is 89.1 Å². The zero-order chi connectivity index (χ0) is 22.8. The van der Waals surface area contributed by atoms with Gasteiger partial charge < -0.3 is 9.63 Å². The van der Waals surface area contributed by atoms with Crippen molar-refractivity contribution in [1.29, 1.82) is 0 Å². The molecule has 0 fully saturated rings. The summed E-state index contributed by atoms with van der Waals surface area (Å²) in [6.07, 6.45) is 3.31. The lowest BCUT2D eigenvalue weighted by molar-refractivity contribution is -0.145. The van der Waals surface area contributed by atoms with Gasteiger partial charge in [-0.1, -0.05) is 64.0 Å². The third kappa shape index (κ3) is 5.57. The molecule has 164 valence electrons. The Labute approximate surface area is 183 Å². The van der Waals surface area contributed by atoms with Gasteiger partial charge in [0.2, 0.25) is 5.82 Å². The third-order valence-corrected chi connectivity index (χ3v) is 5.43. The first-order chi connectivity index (χ1) is 14.5. The minimum Gasteiger partial charge on any atom is -0.481 e. The van der Waals surface area contributed by atoms with Gasteiger partial charge in [0, 0.05) is 11.8 Å². The van der Waals surface area contributed by atoms with Gasteiger partial charge >= 0.3 is 5.97 Å². The molecule has 0 bridgehead atoms. The first-order valence-electron chi connectivity index (χ1n) is 10.7. The molecule has 6 heteroatoms. The molecule has 0 radical (unpaired) electrons. The second-order valence-electron chi connectivity index (χ2n) is 9.68. The lowest BCUT2D eigenvalue weighted by Gasteiger charge is -2.27. The van der Waals surface area contributed by atoms with Crippen LogP contribution in [0, 0.1) is 24.2 Å². The van der Waals surface area contributed by atoms with E-state index in [0.29, 0.717) is 29.7 Å². The van der Waals surface area contributed by atoms with Gasteiger partial charge in [0.1, 0.15) is 5.69 Å². The monoisotopic (exact) mass is 421 g/mol. The highest BCUT2D eigenvalue weighted by Gasteiger charge is 2.31. The minimum atomic E-state index is -0.774. The molecule has 0 aliphatic rings. The van der Waals surface area contributed by atoms with Crippen molar-refractivity contribution in [2.24, 2.45) is 17.3 Å². The average molecular weight is 422 g/mol. The van der Waals surface area contributed by atoms with E-state index in [2.05, 4.69) is 29.0 Å². The smallest absolute Gasteiger partial charge is 0.307 e. The van der Waals surface area contributed by atoms with Gasteiger partial charge in [-0.3, -0.25) is 9.78 Å². The zero-order valence-corrected chi connectivity index (χ0v) is 19.1. The van der Waals surface area contributed by atoms with Crippen molar-refractivity contribution >= 4 is 5.97 Å². The summed E-state index contributed by atoms with van der Waals surface area (Å²) in [5, 5.41) is 13.7. The molecule has 2 aromatic heterocycles. The molecule has 2 heterocycles. The number of nitrogens with zero attached hydrogens (tertiary/aromatic N) is 3. The Morgan fingerprint density at radius 3 is 2.35 bits per heavy atom. The molecule has 3 rings (SSSR count). The predicted octanol–water partition coefficient (Wildman–Crippen LogP) is 5.59. The van der Waals surface area contributed by atoms with Gasteiger partial charge in [-0.15, -0.1) is 0 Å². The van der Waals surface area contributed by atoms with E-state index >= 15 is 0 Å². The van der Waals surface area contributed by atoms with E-state index in [0.717, 1.165) is 23.1 Å². The second-order valence-corrected chi connectivity index (χ2v) is 9.68. The molecule has 0 spiro atoms. The summed E-state index contributed by atoms with van der Waals surface area (Å²) in [4.78, 5) is 20.7. The normalized spacial score (nSPS) is 12.9. The van der Waals surface area contributed by atoms with Crippen molar-refractivity contribution < 1.29 is 14.4 Å². The Balaban J connectivity index is 1.80. The summed E-state index contributed by atoms with van der Waals surface area (Å²) < 4.78 is 5.45. The predicted molar refractivity (Wildman–Crippen MR) is 121 cm³/mol. The fraction of sp³-hybridized carbons (Fsp3) is 0.440. The maximum absolute atomic E-state index is 11.7. The Hall–Kier alpha value is -3.02. The largest absolute Gasteiger partial charge is 0.481 e. The van der Waals surface area contributed by atoms with Crippen LogP contribution in [0.4, 0.5) is 0 Å². The van der Waals surface area contributed by atoms with Crippen molar-refractivity contribution in [2.45, 2.75) is 54.4 Å². The van der Waals surface area contributed by atoms with Crippen LogP contribution in [0.25, 0.3) is 23.0 Å². The van der Waals surface area contributed by atoms with Gasteiger partial charge in [-0.25, -0.2) is 0 Å². The lowest BCUT2D eigenvalue weighted by Crippen LogP contribution is -2.30. The van der Waals surface area contributed by atoms with E-state index in [1.807, 2.05) is 64.2 Å². The summed E-state index contributed by atoms with van der Waals surface area (Å²) in [6, 6.07) is 9.83. The van der Waals surface area contributed by atoms with Crippen molar-refractivity contribution in [3.63, 3.8) is 0 Å². The van der Waals surface area contributed by atoms with E-state index in [9.17, 15) is 9.90 Å². The van der Waals surface area contributed by atoms with Crippen LogP contribution in [0.5, 0.6) is 0 Å². The number of carbonyl (C=O) groups is 1. The highest BCUT2D eigenvalue weighted by Crippen LogP contribution is 2.31. The summed E-state index contributed by atoms with van der Waals surface area (Å²) in [6.45, 7) is 12.2. The second kappa shape index (κ2) is 9.00. The highest BCUT2D eigenvalue weighted by molar-refractivity contribution is 5.71. The number of pyridine rings is 1. The SMILES string of the molecule is Cc1cc(CC(C(=O)O)C(C)(C)C)ccc1-c1noc(-c2ccc(CC(C)C)cn2)n1. The number of rotatable bonds is 7. The van der Waals surface area contributed by atoms with E-state index in [1.165, 1.54) is 5.56 Å². The molecular formula is C25H31N3O3. The quantitative estimate of drug-likeness (QED) is 0.534.